The molecule has 0 bridgehead atoms. The Labute approximate surface area is 137 Å². The molecule has 1 heterocycles. The molecule has 126 valence electrons. The number of piperidine rings is 1. The van der Waals surface area contributed by atoms with Crippen LogP contribution >= 0.6 is 0 Å². The van der Waals surface area contributed by atoms with Crippen molar-refractivity contribution in [2.24, 2.45) is 5.92 Å². The quantitative estimate of drug-likeness (QED) is 0.818. The molecule has 23 heavy (non-hydrogen) atoms. The molecule has 1 aliphatic heterocycles. The Hall–Kier alpha value is -1.72. The highest BCUT2D eigenvalue weighted by Crippen LogP contribution is 2.20. The van der Waals surface area contributed by atoms with Crippen LogP contribution in [-0.4, -0.2) is 41.7 Å². The fourth-order valence-electron chi connectivity index (χ4n) is 2.89. The van der Waals surface area contributed by atoms with Gasteiger partial charge in [0.25, 0.3) is 5.91 Å². The summed E-state index contributed by atoms with van der Waals surface area (Å²) in [5.74, 6) is -1.45. The predicted molar refractivity (Wildman–Crippen MR) is 88.3 cm³/mol. The molecule has 1 aliphatic rings. The number of rotatable bonds is 5. The van der Waals surface area contributed by atoms with Crippen LogP contribution in [0.3, 0.4) is 0 Å². The largest absolute Gasteiger partial charge is 0.396 e. The summed E-state index contributed by atoms with van der Waals surface area (Å²) in [5.41, 5.74) is 1.57. The molecule has 2 rings (SSSR count). The van der Waals surface area contributed by atoms with Crippen molar-refractivity contribution in [3.63, 3.8) is 0 Å². The molecule has 1 aromatic rings. The highest BCUT2D eigenvalue weighted by molar-refractivity contribution is 5.92. The summed E-state index contributed by atoms with van der Waals surface area (Å²) >= 11 is 0. The van der Waals surface area contributed by atoms with Crippen molar-refractivity contribution in [2.45, 2.75) is 32.9 Å². The summed E-state index contributed by atoms with van der Waals surface area (Å²) < 4.78 is 13.7. The Morgan fingerprint density at radius 3 is 2.65 bits per heavy atom. The number of likely N-dealkylation sites (tertiary alicyclic amines) is 1. The molecule has 1 aromatic carbocycles. The number of allylic oxidation sites excluding steroid dienone is 1. The summed E-state index contributed by atoms with van der Waals surface area (Å²) in [4.78, 5) is 14.2. The zero-order chi connectivity index (χ0) is 16.8. The van der Waals surface area contributed by atoms with Crippen molar-refractivity contribution in [2.75, 3.05) is 19.7 Å². The maximum absolute atomic E-state index is 13.7. The monoisotopic (exact) mass is 320 g/mol. The Kier molecular flexibility index (Phi) is 6.30. The van der Waals surface area contributed by atoms with Crippen LogP contribution in [0.15, 0.2) is 41.7 Å². The second-order valence-corrected chi connectivity index (χ2v) is 6.35. The van der Waals surface area contributed by atoms with Crippen molar-refractivity contribution >= 4 is 5.91 Å². The van der Waals surface area contributed by atoms with Gasteiger partial charge in [-0.2, -0.15) is 0 Å². The molecule has 0 radical (unpaired) electrons. The second kappa shape index (κ2) is 8.22. The van der Waals surface area contributed by atoms with E-state index in [-0.39, 0.29) is 18.6 Å². The van der Waals surface area contributed by atoms with Crippen LogP contribution in [0.4, 0.5) is 4.39 Å². The van der Waals surface area contributed by atoms with Gasteiger partial charge >= 0.3 is 0 Å². The van der Waals surface area contributed by atoms with Crippen molar-refractivity contribution in [3.8, 4) is 0 Å². The average molecular weight is 320 g/mol. The third-order valence-electron chi connectivity index (χ3n) is 4.28. The lowest BCUT2D eigenvalue weighted by atomic mass is 9.91. The van der Waals surface area contributed by atoms with E-state index in [1.807, 2.05) is 18.2 Å². The zero-order valence-electron chi connectivity index (χ0n) is 13.8. The molecule has 2 N–H and O–H groups in total. The minimum absolute atomic E-state index is 0.000560. The molecular formula is C18H25FN2O2. The van der Waals surface area contributed by atoms with Gasteiger partial charge in [-0.05, 0) is 37.9 Å². The van der Waals surface area contributed by atoms with Gasteiger partial charge in [-0.15, -0.1) is 0 Å². The number of hydrogen-bond acceptors (Lipinski definition) is 3. The van der Waals surface area contributed by atoms with Gasteiger partial charge in [-0.3, -0.25) is 9.69 Å². The standard InChI is InChI=1S/C18H25FN2O2/c1-13(2)17(19)18(23)20-16-11-21(9-8-15(16)12-22)10-14-6-4-3-5-7-14/h3-7,15-16,22H,8-12H2,1-2H3,(H,20,23). The summed E-state index contributed by atoms with van der Waals surface area (Å²) in [7, 11) is 0. The van der Waals surface area contributed by atoms with E-state index < -0.39 is 11.7 Å². The summed E-state index contributed by atoms with van der Waals surface area (Å²) in [5, 5.41) is 12.3. The molecule has 5 heteroatoms. The lowest BCUT2D eigenvalue weighted by Crippen LogP contribution is -2.53. The average Bonchev–Trinajstić information content (AvgIpc) is 2.55. The number of nitrogens with zero attached hydrogens (tertiary/aromatic N) is 1. The minimum Gasteiger partial charge on any atom is -0.396 e. The van der Waals surface area contributed by atoms with Gasteiger partial charge in [0, 0.05) is 31.7 Å². The van der Waals surface area contributed by atoms with E-state index in [2.05, 4.69) is 22.3 Å². The molecule has 0 aliphatic carbocycles. The number of hydrogen-bond donors (Lipinski definition) is 2. The first kappa shape index (κ1) is 17.6. The van der Waals surface area contributed by atoms with Gasteiger partial charge in [0.2, 0.25) is 0 Å². The maximum Gasteiger partial charge on any atom is 0.280 e. The Balaban J connectivity index is 2.01. The second-order valence-electron chi connectivity index (χ2n) is 6.35. The van der Waals surface area contributed by atoms with Gasteiger partial charge in [0.05, 0.1) is 0 Å². The number of halogens is 1. The number of carbonyl (C=O) groups is 1. The van der Waals surface area contributed by atoms with Crippen molar-refractivity contribution in [3.05, 3.63) is 47.3 Å². The van der Waals surface area contributed by atoms with Crippen LogP contribution < -0.4 is 5.32 Å². The van der Waals surface area contributed by atoms with E-state index in [1.54, 1.807) is 13.8 Å². The van der Waals surface area contributed by atoms with Crippen LogP contribution in [-0.2, 0) is 11.3 Å². The fourth-order valence-corrected chi connectivity index (χ4v) is 2.89. The van der Waals surface area contributed by atoms with Gasteiger partial charge in [0.15, 0.2) is 5.83 Å². The SMILES string of the molecule is CC(C)=C(F)C(=O)NC1CN(Cc2ccccc2)CCC1CO. The van der Waals surface area contributed by atoms with E-state index in [1.165, 1.54) is 5.56 Å². The van der Waals surface area contributed by atoms with Crippen LogP contribution in [0.25, 0.3) is 0 Å². The molecule has 1 saturated heterocycles. The van der Waals surface area contributed by atoms with Gasteiger partial charge in [-0.25, -0.2) is 4.39 Å². The lowest BCUT2D eigenvalue weighted by Gasteiger charge is -2.38. The van der Waals surface area contributed by atoms with E-state index >= 15 is 0 Å². The normalized spacial score (nSPS) is 21.7. The van der Waals surface area contributed by atoms with Gasteiger partial charge in [-0.1, -0.05) is 30.3 Å². The molecule has 0 aromatic heterocycles. The first-order valence-electron chi connectivity index (χ1n) is 8.02. The molecule has 1 amide bonds. The Bertz CT molecular complexity index is 555. The van der Waals surface area contributed by atoms with E-state index in [4.69, 9.17) is 0 Å². The number of nitrogens with one attached hydrogen (secondary N) is 1. The van der Waals surface area contributed by atoms with Crippen molar-refractivity contribution in [1.29, 1.82) is 0 Å². The van der Waals surface area contributed by atoms with Crippen LogP contribution in [0.2, 0.25) is 0 Å². The minimum atomic E-state index is -0.734. The first-order valence-corrected chi connectivity index (χ1v) is 8.02. The smallest absolute Gasteiger partial charge is 0.280 e. The highest BCUT2D eigenvalue weighted by Gasteiger charge is 2.30. The predicted octanol–water partition coefficient (Wildman–Crippen LogP) is 2.25. The first-order chi connectivity index (χ1) is 11.0. The zero-order valence-corrected chi connectivity index (χ0v) is 13.8. The number of amides is 1. The summed E-state index contributed by atoms with van der Waals surface area (Å²) in [6, 6.07) is 9.86. The van der Waals surface area contributed by atoms with Crippen LogP contribution in [0.1, 0.15) is 25.8 Å². The molecule has 4 nitrogen and oxygen atoms in total. The van der Waals surface area contributed by atoms with Crippen LogP contribution in [0, 0.1) is 5.92 Å². The molecule has 1 fully saturated rings. The van der Waals surface area contributed by atoms with E-state index in [0.29, 0.717) is 12.1 Å². The number of aliphatic hydroxyl groups is 1. The topological polar surface area (TPSA) is 52.6 Å². The Morgan fingerprint density at radius 1 is 1.35 bits per heavy atom. The van der Waals surface area contributed by atoms with Gasteiger partial charge in [0.1, 0.15) is 0 Å². The number of benzene rings is 1. The van der Waals surface area contributed by atoms with Crippen molar-refractivity contribution in [1.82, 2.24) is 10.2 Å². The van der Waals surface area contributed by atoms with Gasteiger partial charge < -0.3 is 10.4 Å². The molecular weight excluding hydrogens is 295 g/mol. The molecule has 0 spiro atoms. The van der Waals surface area contributed by atoms with Crippen LogP contribution in [0.5, 0.6) is 0 Å². The van der Waals surface area contributed by atoms with E-state index in [9.17, 15) is 14.3 Å². The highest BCUT2D eigenvalue weighted by atomic mass is 19.1. The van der Waals surface area contributed by atoms with Crippen molar-refractivity contribution < 1.29 is 14.3 Å². The Morgan fingerprint density at radius 2 is 2.04 bits per heavy atom. The number of carbonyl (C=O) groups excluding carboxylic acids is 1. The fraction of sp³-hybridized carbons (Fsp3) is 0.500. The number of aliphatic hydroxyl groups excluding tert-OH is 1. The summed E-state index contributed by atoms with van der Waals surface area (Å²) in [6.07, 6.45) is 0.782. The third-order valence-corrected chi connectivity index (χ3v) is 4.28. The summed E-state index contributed by atoms with van der Waals surface area (Å²) in [6.45, 7) is 5.40. The molecule has 0 saturated carbocycles. The lowest BCUT2D eigenvalue weighted by molar-refractivity contribution is -0.120. The maximum atomic E-state index is 13.7. The molecule has 2 atom stereocenters. The molecule has 2 unspecified atom stereocenters. The third kappa shape index (κ3) is 4.88. The van der Waals surface area contributed by atoms with E-state index in [0.717, 1.165) is 19.5 Å².